The van der Waals surface area contributed by atoms with E-state index in [0.29, 0.717) is 15.0 Å². The van der Waals surface area contributed by atoms with Crippen molar-refractivity contribution >= 4 is 25.5 Å². The molecule has 0 aliphatic carbocycles. The van der Waals surface area contributed by atoms with E-state index in [-0.39, 0.29) is 12.4 Å². The van der Waals surface area contributed by atoms with E-state index >= 15 is 0 Å². The zero-order valence-corrected chi connectivity index (χ0v) is 9.26. The third kappa shape index (κ3) is 2.00. The summed E-state index contributed by atoms with van der Waals surface area (Å²) < 4.78 is 3.67. The molecule has 2 rings (SSSR count). The van der Waals surface area contributed by atoms with Gasteiger partial charge in [-0.15, -0.1) is 0 Å². The van der Waals surface area contributed by atoms with Crippen molar-refractivity contribution < 1.29 is 17.0 Å². The summed E-state index contributed by atoms with van der Waals surface area (Å²) in [5.41, 5.74) is 5.61. The molecule has 68 valence electrons. The zero-order valence-electron chi connectivity index (χ0n) is 6.79. The number of hydrogen-bond acceptors (Lipinski definition) is 1. The van der Waals surface area contributed by atoms with Crippen molar-refractivity contribution in [3.63, 3.8) is 0 Å². The van der Waals surface area contributed by atoms with Crippen LogP contribution in [-0.4, -0.2) is 43.2 Å². The maximum atomic E-state index is 5.61. The number of amidine groups is 2. The van der Waals surface area contributed by atoms with Gasteiger partial charge in [-0.05, 0) is 0 Å². The van der Waals surface area contributed by atoms with Gasteiger partial charge in [-0.25, -0.2) is 0 Å². The Hall–Kier alpha value is -0.0505. The maximum absolute atomic E-state index is 5.61. The summed E-state index contributed by atoms with van der Waals surface area (Å²) in [6.07, 6.45) is 2.66. The summed E-state index contributed by atoms with van der Waals surface area (Å²) >= 11 is 0.536. The third-order valence-electron chi connectivity index (χ3n) is 1.96. The average Bonchev–Trinajstić information content (AvgIpc) is 2.55. The molecule has 2 aliphatic rings. The van der Waals surface area contributed by atoms with Gasteiger partial charge >= 0.3 is 72.1 Å². The zero-order chi connectivity index (χ0) is 7.68. The molecule has 0 aromatic heterocycles. The molecule has 0 amide bonds. The molecular weight excluding hydrogens is 241 g/mol. The van der Waals surface area contributed by atoms with Gasteiger partial charge in [-0.2, -0.15) is 0 Å². The molecule has 0 aromatic carbocycles. The molecule has 12 heavy (non-hydrogen) atoms. The molecule has 2 aliphatic heterocycles. The summed E-state index contributed by atoms with van der Waals surface area (Å²) in [6, 6.07) is 0. The topological polar surface area (TPSA) is 41.4 Å². The van der Waals surface area contributed by atoms with Crippen molar-refractivity contribution in [3.05, 3.63) is 0 Å². The Morgan fingerprint density at radius 1 is 1.33 bits per heavy atom. The average molecular weight is 253 g/mol. The summed E-state index contributed by atoms with van der Waals surface area (Å²) in [5, 5.41) is 1.03. The molecule has 2 heterocycles. The molecule has 0 bridgehead atoms. The molecule has 1 saturated heterocycles. The second-order valence-electron chi connectivity index (χ2n) is 2.87. The van der Waals surface area contributed by atoms with Gasteiger partial charge in [0.1, 0.15) is 0 Å². The SMILES string of the molecule is NC1=NC(=[N+]2CCCC2)[Se]C1.[Cl-]. The van der Waals surface area contributed by atoms with Gasteiger partial charge < -0.3 is 12.4 Å². The van der Waals surface area contributed by atoms with Gasteiger partial charge in [0.25, 0.3) is 0 Å². The number of rotatable bonds is 0. The molecule has 0 saturated carbocycles. The number of nitrogens with zero attached hydrogens (tertiary/aromatic N) is 2. The smallest absolute Gasteiger partial charge is 1.00 e. The number of nitrogens with two attached hydrogens (primary N) is 1. The predicted molar refractivity (Wildman–Crippen MR) is 46.4 cm³/mol. The first-order valence-electron chi connectivity index (χ1n) is 3.94. The minimum atomic E-state index is 0. The summed E-state index contributed by atoms with van der Waals surface area (Å²) in [4.78, 5) is 4.34. The van der Waals surface area contributed by atoms with Crippen LogP contribution in [0.2, 0.25) is 5.32 Å². The van der Waals surface area contributed by atoms with Crippen LogP contribution in [0.4, 0.5) is 0 Å². The first-order valence-corrected chi connectivity index (χ1v) is 6.01. The van der Waals surface area contributed by atoms with E-state index < -0.39 is 0 Å². The molecule has 0 unspecified atom stereocenters. The predicted octanol–water partition coefficient (Wildman–Crippen LogP) is -3.35. The molecule has 1 fully saturated rings. The van der Waals surface area contributed by atoms with Crippen LogP contribution in [0.3, 0.4) is 0 Å². The summed E-state index contributed by atoms with van der Waals surface area (Å²) in [6.45, 7) is 2.40. The Balaban J connectivity index is 0.000000720. The first kappa shape index (κ1) is 10.0. The molecule has 0 atom stereocenters. The van der Waals surface area contributed by atoms with E-state index in [0.717, 1.165) is 11.2 Å². The molecule has 0 spiro atoms. The normalized spacial score (nSPS) is 22.5. The Bertz CT molecular complexity index is 229. The van der Waals surface area contributed by atoms with Crippen molar-refractivity contribution in [2.45, 2.75) is 18.2 Å². The van der Waals surface area contributed by atoms with Crippen LogP contribution in [0.1, 0.15) is 12.8 Å². The van der Waals surface area contributed by atoms with E-state index in [4.69, 9.17) is 5.73 Å². The molecule has 0 radical (unpaired) electrons. The standard InChI is InChI=1S/C7H11N3Se.ClH/c8-6-5-11-7(9-6)10-3-1-2-4-10;/h8H,1-5H2;1H. The second-order valence-corrected chi connectivity index (χ2v) is 4.85. The number of hydrogen-bond donors (Lipinski definition) is 1. The quantitative estimate of drug-likeness (QED) is 0.355. The van der Waals surface area contributed by atoms with Gasteiger partial charge in [0, 0.05) is 0 Å². The maximum Gasteiger partial charge on any atom is -1.00 e. The van der Waals surface area contributed by atoms with Crippen LogP contribution in [0.15, 0.2) is 4.99 Å². The second kappa shape index (κ2) is 4.26. The van der Waals surface area contributed by atoms with Crippen LogP contribution < -0.4 is 18.1 Å². The Labute approximate surface area is 84.7 Å². The van der Waals surface area contributed by atoms with Gasteiger partial charge in [0.15, 0.2) is 0 Å². The van der Waals surface area contributed by atoms with Crippen molar-refractivity contribution in [2.75, 3.05) is 13.1 Å². The Morgan fingerprint density at radius 3 is 2.50 bits per heavy atom. The van der Waals surface area contributed by atoms with E-state index in [9.17, 15) is 0 Å². The fraction of sp³-hybridized carbons (Fsp3) is 0.714. The van der Waals surface area contributed by atoms with E-state index in [1.165, 1.54) is 30.7 Å². The fourth-order valence-electron chi connectivity index (χ4n) is 1.40. The van der Waals surface area contributed by atoms with Crippen molar-refractivity contribution in [1.29, 1.82) is 0 Å². The van der Waals surface area contributed by atoms with E-state index in [1.54, 1.807) is 0 Å². The van der Waals surface area contributed by atoms with E-state index in [2.05, 4.69) is 9.57 Å². The minimum absolute atomic E-state index is 0. The monoisotopic (exact) mass is 253 g/mol. The van der Waals surface area contributed by atoms with Gasteiger partial charge in [-0.1, -0.05) is 0 Å². The summed E-state index contributed by atoms with van der Waals surface area (Å²) in [5.74, 6) is 0.840. The number of aliphatic imine (C=N–C) groups is 1. The van der Waals surface area contributed by atoms with Gasteiger partial charge in [0.05, 0.1) is 0 Å². The van der Waals surface area contributed by atoms with Gasteiger partial charge in [-0.3, -0.25) is 0 Å². The molecule has 3 nitrogen and oxygen atoms in total. The fourth-order valence-corrected chi connectivity index (χ4v) is 3.26. The minimum Gasteiger partial charge on any atom is -1.00 e. The largest absolute Gasteiger partial charge is 1.00 e. The van der Waals surface area contributed by atoms with Crippen molar-refractivity contribution in [1.82, 2.24) is 0 Å². The number of halogens is 1. The molecule has 0 aromatic rings. The van der Waals surface area contributed by atoms with Crippen molar-refractivity contribution in [3.8, 4) is 0 Å². The summed E-state index contributed by atoms with van der Waals surface area (Å²) in [7, 11) is 0. The van der Waals surface area contributed by atoms with Crippen LogP contribution in [0.5, 0.6) is 0 Å². The van der Waals surface area contributed by atoms with E-state index in [1.807, 2.05) is 0 Å². The Morgan fingerprint density at radius 2 is 2.00 bits per heavy atom. The first-order chi connectivity index (χ1) is 5.36. The van der Waals surface area contributed by atoms with Crippen LogP contribution in [0.25, 0.3) is 0 Å². The molecule has 5 heteroatoms. The third-order valence-corrected chi connectivity index (χ3v) is 4.16. The Kier molecular flexibility index (Phi) is 3.56. The van der Waals surface area contributed by atoms with Gasteiger partial charge in [0.2, 0.25) is 0 Å². The van der Waals surface area contributed by atoms with Crippen LogP contribution in [0, 0.1) is 0 Å². The van der Waals surface area contributed by atoms with Crippen LogP contribution >= 0.6 is 0 Å². The molecule has 2 N–H and O–H groups in total. The van der Waals surface area contributed by atoms with Crippen LogP contribution in [-0.2, 0) is 0 Å². The van der Waals surface area contributed by atoms with Crippen molar-refractivity contribution in [2.24, 2.45) is 10.7 Å². The molecular formula is C7H12ClN3Se.